The van der Waals surface area contributed by atoms with Gasteiger partial charge in [0.25, 0.3) is 5.91 Å². The molecule has 2 aromatic carbocycles. The van der Waals surface area contributed by atoms with Crippen molar-refractivity contribution in [1.29, 1.82) is 0 Å². The van der Waals surface area contributed by atoms with Crippen molar-refractivity contribution < 1.29 is 9.90 Å². The third-order valence-corrected chi connectivity index (χ3v) is 5.57. The molecule has 1 aliphatic heterocycles. The van der Waals surface area contributed by atoms with Crippen molar-refractivity contribution in [3.05, 3.63) is 132 Å². The summed E-state index contributed by atoms with van der Waals surface area (Å²) >= 11 is 0. The third-order valence-electron chi connectivity index (χ3n) is 5.57. The van der Waals surface area contributed by atoms with E-state index in [4.69, 9.17) is 5.73 Å². The molecular formula is C28H28N2O2. The molecule has 0 saturated carbocycles. The predicted octanol–water partition coefficient (Wildman–Crippen LogP) is 6.14. The number of para-hydroxylation sites is 2. The molecule has 1 heterocycles. The Morgan fingerprint density at radius 3 is 2.28 bits per heavy atom. The van der Waals surface area contributed by atoms with Crippen molar-refractivity contribution in [2.75, 3.05) is 10.6 Å². The summed E-state index contributed by atoms with van der Waals surface area (Å²) in [7, 11) is 0. The molecule has 1 fully saturated rings. The molecule has 162 valence electrons. The van der Waals surface area contributed by atoms with E-state index in [0.717, 1.165) is 22.4 Å². The van der Waals surface area contributed by atoms with Crippen LogP contribution in [-0.4, -0.2) is 11.0 Å². The molecular weight excluding hydrogens is 396 g/mol. The Balaban J connectivity index is 2.54. The molecule has 0 aliphatic carbocycles. The van der Waals surface area contributed by atoms with Crippen molar-refractivity contribution in [3.8, 4) is 0 Å². The van der Waals surface area contributed by atoms with Gasteiger partial charge in [0, 0.05) is 22.5 Å². The van der Waals surface area contributed by atoms with Gasteiger partial charge in [-0.3, -0.25) is 9.69 Å². The number of carbonyl (C=O) groups is 1. The standard InChI is InChI=1S/C28H28N2O2/c1-5-13-23-24(7-3)28(21(6-2)19-18-20(4)31,25-16-11-12-17-26(25)29)30(27(23)32)22-14-9-8-10-15-22/h5-19,31H,1,4,29H2,2-3H3/b19-18-,21-6+,23-13+,24-7+. The van der Waals surface area contributed by atoms with Crippen LogP contribution in [0.5, 0.6) is 0 Å². The van der Waals surface area contributed by atoms with Crippen LogP contribution in [0.4, 0.5) is 11.4 Å². The smallest absolute Gasteiger partial charge is 0.259 e. The Morgan fingerprint density at radius 2 is 1.72 bits per heavy atom. The van der Waals surface area contributed by atoms with Crippen LogP contribution in [0, 0.1) is 0 Å². The van der Waals surface area contributed by atoms with Crippen LogP contribution in [0.1, 0.15) is 19.4 Å². The van der Waals surface area contributed by atoms with Crippen molar-refractivity contribution in [3.63, 3.8) is 0 Å². The Hall–Kier alpha value is -4.05. The minimum atomic E-state index is -1.06. The number of carbonyl (C=O) groups excluding carboxylic acids is 1. The number of nitrogens with zero attached hydrogens (tertiary/aromatic N) is 1. The second-order valence-corrected chi connectivity index (χ2v) is 7.36. The highest BCUT2D eigenvalue weighted by atomic mass is 16.3. The van der Waals surface area contributed by atoms with E-state index in [9.17, 15) is 9.90 Å². The van der Waals surface area contributed by atoms with Crippen molar-refractivity contribution in [2.45, 2.75) is 19.4 Å². The van der Waals surface area contributed by atoms with E-state index in [1.165, 1.54) is 6.08 Å². The number of benzene rings is 2. The maximum Gasteiger partial charge on any atom is 0.259 e. The molecule has 0 radical (unpaired) electrons. The first kappa shape index (κ1) is 22.6. The van der Waals surface area contributed by atoms with Crippen LogP contribution in [0.15, 0.2) is 127 Å². The van der Waals surface area contributed by atoms with Gasteiger partial charge in [-0.25, -0.2) is 0 Å². The first-order valence-electron chi connectivity index (χ1n) is 10.4. The quantitative estimate of drug-likeness (QED) is 0.253. The van der Waals surface area contributed by atoms with Crippen LogP contribution in [-0.2, 0) is 10.3 Å². The van der Waals surface area contributed by atoms with Gasteiger partial charge in [-0.05, 0) is 55.3 Å². The summed E-state index contributed by atoms with van der Waals surface area (Å²) in [6.45, 7) is 11.2. The molecule has 0 spiro atoms. The summed E-state index contributed by atoms with van der Waals surface area (Å²) in [5.41, 5.74) is 9.59. The van der Waals surface area contributed by atoms with Gasteiger partial charge in [-0.1, -0.05) is 73.9 Å². The average Bonchev–Trinajstić information content (AvgIpc) is 3.03. The molecule has 1 amide bonds. The van der Waals surface area contributed by atoms with Gasteiger partial charge in [-0.15, -0.1) is 0 Å². The maximum absolute atomic E-state index is 13.9. The summed E-state index contributed by atoms with van der Waals surface area (Å²) in [6.07, 6.45) is 10.5. The third kappa shape index (κ3) is 3.60. The molecule has 4 nitrogen and oxygen atoms in total. The molecule has 32 heavy (non-hydrogen) atoms. The zero-order valence-electron chi connectivity index (χ0n) is 18.5. The van der Waals surface area contributed by atoms with E-state index in [1.54, 1.807) is 23.1 Å². The lowest BCUT2D eigenvalue weighted by atomic mass is 9.74. The van der Waals surface area contributed by atoms with Gasteiger partial charge in [-0.2, -0.15) is 0 Å². The van der Waals surface area contributed by atoms with Crippen LogP contribution >= 0.6 is 0 Å². The summed E-state index contributed by atoms with van der Waals surface area (Å²) in [5, 5.41) is 9.79. The lowest BCUT2D eigenvalue weighted by Gasteiger charge is -2.41. The first-order valence-corrected chi connectivity index (χ1v) is 10.4. The largest absolute Gasteiger partial charge is 0.509 e. The van der Waals surface area contributed by atoms with E-state index in [2.05, 4.69) is 13.2 Å². The van der Waals surface area contributed by atoms with Crippen molar-refractivity contribution >= 4 is 17.3 Å². The molecule has 0 aromatic heterocycles. The molecule has 4 heteroatoms. The highest BCUT2D eigenvalue weighted by Crippen LogP contribution is 2.54. The fourth-order valence-corrected chi connectivity index (χ4v) is 4.38. The first-order chi connectivity index (χ1) is 15.4. The number of hydrogen-bond donors (Lipinski definition) is 2. The number of rotatable bonds is 6. The minimum absolute atomic E-state index is 0.0833. The summed E-state index contributed by atoms with van der Waals surface area (Å²) in [4.78, 5) is 15.7. The van der Waals surface area contributed by atoms with E-state index in [0.29, 0.717) is 11.3 Å². The number of amides is 1. The van der Waals surface area contributed by atoms with Crippen LogP contribution in [0.3, 0.4) is 0 Å². The molecule has 1 aliphatic rings. The van der Waals surface area contributed by atoms with E-state index >= 15 is 0 Å². The topological polar surface area (TPSA) is 66.6 Å². The second kappa shape index (κ2) is 9.40. The summed E-state index contributed by atoms with van der Waals surface area (Å²) in [5.74, 6) is -0.247. The van der Waals surface area contributed by atoms with Gasteiger partial charge >= 0.3 is 0 Å². The Bertz CT molecular complexity index is 1170. The number of allylic oxidation sites excluding steroid dienone is 5. The monoisotopic (exact) mass is 424 g/mol. The Morgan fingerprint density at radius 1 is 1.06 bits per heavy atom. The summed E-state index contributed by atoms with van der Waals surface area (Å²) in [6, 6.07) is 17.0. The van der Waals surface area contributed by atoms with Crippen LogP contribution < -0.4 is 10.6 Å². The zero-order valence-corrected chi connectivity index (χ0v) is 18.5. The molecule has 2 aromatic rings. The Kier molecular flexibility index (Phi) is 6.64. The zero-order chi connectivity index (χ0) is 23.3. The summed E-state index contributed by atoms with van der Waals surface area (Å²) < 4.78 is 0. The van der Waals surface area contributed by atoms with Gasteiger partial charge < -0.3 is 10.8 Å². The molecule has 0 bridgehead atoms. The predicted molar refractivity (Wildman–Crippen MR) is 133 cm³/mol. The Labute approximate surface area is 189 Å². The number of nitrogens with two attached hydrogens (primary N) is 1. The average molecular weight is 425 g/mol. The van der Waals surface area contributed by atoms with E-state index in [-0.39, 0.29) is 11.7 Å². The lowest BCUT2D eigenvalue weighted by molar-refractivity contribution is -0.114. The second-order valence-electron chi connectivity index (χ2n) is 7.36. The highest BCUT2D eigenvalue weighted by Gasteiger charge is 2.55. The van der Waals surface area contributed by atoms with Crippen LogP contribution in [0.2, 0.25) is 0 Å². The van der Waals surface area contributed by atoms with Gasteiger partial charge in [0.15, 0.2) is 0 Å². The molecule has 1 atom stereocenters. The number of aliphatic hydroxyl groups is 1. The van der Waals surface area contributed by atoms with Crippen molar-refractivity contribution in [1.82, 2.24) is 0 Å². The minimum Gasteiger partial charge on any atom is -0.509 e. The van der Waals surface area contributed by atoms with Crippen LogP contribution in [0.25, 0.3) is 0 Å². The number of nitrogen functional groups attached to an aromatic ring is 1. The molecule has 3 rings (SSSR count). The maximum atomic E-state index is 13.9. The lowest BCUT2D eigenvalue weighted by Crippen LogP contribution is -2.46. The van der Waals surface area contributed by atoms with Gasteiger partial charge in [0.05, 0.1) is 0 Å². The fraction of sp³-hybridized carbons (Fsp3) is 0.107. The normalized spacial score (nSPS) is 21.6. The number of aliphatic hydroxyl groups excluding tert-OH is 1. The van der Waals surface area contributed by atoms with E-state index < -0.39 is 5.54 Å². The number of hydrogen-bond acceptors (Lipinski definition) is 3. The highest BCUT2D eigenvalue weighted by molar-refractivity contribution is 6.16. The molecule has 1 saturated heterocycles. The molecule has 1 unspecified atom stereocenters. The fourth-order valence-electron chi connectivity index (χ4n) is 4.38. The van der Waals surface area contributed by atoms with Gasteiger partial charge in [0.2, 0.25) is 0 Å². The SMILES string of the molecule is C=C/C=C1/C(=O)N(c2ccccc2)C(C(/C=C\C(=C)O)=C/C)(c2ccccc2N)/C1=C/C. The molecule has 3 N–H and O–H groups in total. The van der Waals surface area contributed by atoms with E-state index in [1.807, 2.05) is 80.6 Å². The van der Waals surface area contributed by atoms with Gasteiger partial charge in [0.1, 0.15) is 11.3 Å². The number of anilines is 2. The van der Waals surface area contributed by atoms with Crippen molar-refractivity contribution in [2.24, 2.45) is 0 Å².